The average molecular weight is 263 g/mol. The Bertz CT molecular complexity index is 442. The molecule has 0 radical (unpaired) electrons. The molecule has 0 N–H and O–H groups in total. The van der Waals surface area contributed by atoms with E-state index in [1.165, 1.54) is 0 Å². The van der Waals surface area contributed by atoms with Crippen LogP contribution in [0.1, 0.15) is 19.4 Å². The first-order chi connectivity index (χ1) is 9.13. The topological polar surface area (TPSA) is 65.0 Å². The predicted octanol–water partition coefficient (Wildman–Crippen LogP) is 1.75. The van der Waals surface area contributed by atoms with E-state index in [9.17, 15) is 9.59 Å². The molecule has 1 atom stereocenters. The fraction of sp³-hybridized carbons (Fsp3) is 0.357. The van der Waals surface area contributed by atoms with Crippen molar-refractivity contribution in [3.63, 3.8) is 0 Å². The number of esters is 2. The lowest BCUT2D eigenvalue weighted by molar-refractivity contribution is -0.145. The maximum Gasteiger partial charge on any atom is 0.348 e. The van der Waals surface area contributed by atoms with Crippen LogP contribution in [0.4, 0.5) is 0 Å². The van der Waals surface area contributed by atoms with Crippen molar-refractivity contribution in [2.24, 2.45) is 4.99 Å². The lowest BCUT2D eigenvalue weighted by Crippen LogP contribution is -2.19. The molecule has 0 aliphatic rings. The molecule has 102 valence electrons. The van der Waals surface area contributed by atoms with Crippen LogP contribution in [-0.2, 0) is 25.7 Å². The summed E-state index contributed by atoms with van der Waals surface area (Å²) in [5, 5.41) is 0. The Hall–Kier alpha value is -2.17. The van der Waals surface area contributed by atoms with Crippen LogP contribution in [0.3, 0.4) is 0 Å². The lowest BCUT2D eigenvalue weighted by Gasteiger charge is -2.07. The summed E-state index contributed by atoms with van der Waals surface area (Å²) in [7, 11) is 0. The Morgan fingerprint density at radius 2 is 1.95 bits per heavy atom. The number of hydrogen-bond donors (Lipinski definition) is 0. The van der Waals surface area contributed by atoms with Gasteiger partial charge in [0.25, 0.3) is 0 Å². The number of carbonyl (C=O) groups is 2. The minimum Gasteiger partial charge on any atom is -0.462 e. The fourth-order valence-electron chi connectivity index (χ4n) is 1.26. The molecule has 0 spiro atoms. The zero-order valence-corrected chi connectivity index (χ0v) is 11.0. The van der Waals surface area contributed by atoms with Gasteiger partial charge in [0, 0.05) is 0 Å². The highest BCUT2D eigenvalue weighted by atomic mass is 16.5. The van der Waals surface area contributed by atoms with Gasteiger partial charge in [0.15, 0.2) is 0 Å². The summed E-state index contributed by atoms with van der Waals surface area (Å²) in [6.45, 7) is 3.73. The highest BCUT2D eigenvalue weighted by Crippen LogP contribution is 2.02. The molecule has 5 heteroatoms. The Morgan fingerprint density at radius 1 is 1.26 bits per heavy atom. The molecule has 0 aliphatic carbocycles. The Kier molecular flexibility index (Phi) is 6.29. The van der Waals surface area contributed by atoms with Crippen LogP contribution in [0.25, 0.3) is 0 Å². The van der Waals surface area contributed by atoms with Crippen molar-refractivity contribution >= 4 is 18.2 Å². The van der Waals surface area contributed by atoms with E-state index in [2.05, 4.69) is 9.73 Å². The summed E-state index contributed by atoms with van der Waals surface area (Å²) in [6, 6.07) is 8.61. The second kappa shape index (κ2) is 8.02. The van der Waals surface area contributed by atoms with Crippen molar-refractivity contribution in [3.8, 4) is 0 Å². The molecule has 0 fully saturated rings. The average Bonchev–Trinajstić information content (AvgIpc) is 2.43. The van der Waals surface area contributed by atoms with Crippen molar-refractivity contribution in [2.75, 3.05) is 6.61 Å². The van der Waals surface area contributed by atoms with E-state index in [1.807, 2.05) is 30.3 Å². The van der Waals surface area contributed by atoms with Gasteiger partial charge in [0.2, 0.25) is 0 Å². The molecule has 0 unspecified atom stereocenters. The molecule has 0 saturated heterocycles. The number of nitrogens with zero attached hydrogens (tertiary/aromatic N) is 1. The number of benzene rings is 1. The van der Waals surface area contributed by atoms with E-state index in [4.69, 9.17) is 4.74 Å². The van der Waals surface area contributed by atoms with Crippen LogP contribution >= 0.6 is 0 Å². The number of rotatable bonds is 6. The highest BCUT2D eigenvalue weighted by molar-refractivity contribution is 6.23. The van der Waals surface area contributed by atoms with Gasteiger partial charge in [-0.3, -0.25) is 4.99 Å². The van der Waals surface area contributed by atoms with Gasteiger partial charge in [-0.05, 0) is 19.4 Å². The van der Waals surface area contributed by atoms with Gasteiger partial charge in [0.05, 0.1) is 6.61 Å². The largest absolute Gasteiger partial charge is 0.462 e. The first-order valence-electron chi connectivity index (χ1n) is 6.04. The summed E-state index contributed by atoms with van der Waals surface area (Å²) < 4.78 is 9.74. The van der Waals surface area contributed by atoms with Gasteiger partial charge in [-0.25, -0.2) is 9.59 Å². The lowest BCUT2D eigenvalue weighted by atomic mass is 10.2. The van der Waals surface area contributed by atoms with Crippen LogP contribution in [0.2, 0.25) is 0 Å². The first-order valence-corrected chi connectivity index (χ1v) is 6.04. The van der Waals surface area contributed by atoms with E-state index in [-0.39, 0.29) is 13.2 Å². The van der Waals surface area contributed by atoms with Crippen molar-refractivity contribution < 1.29 is 19.1 Å². The van der Waals surface area contributed by atoms with Gasteiger partial charge < -0.3 is 9.47 Å². The summed E-state index contributed by atoms with van der Waals surface area (Å²) in [4.78, 5) is 26.4. The second-order valence-corrected chi connectivity index (χ2v) is 3.80. The number of carbonyl (C=O) groups excluding carboxylic acids is 2. The van der Waals surface area contributed by atoms with Crippen molar-refractivity contribution in [3.05, 3.63) is 35.9 Å². The predicted molar refractivity (Wildman–Crippen MR) is 70.8 cm³/mol. The van der Waals surface area contributed by atoms with Crippen LogP contribution in [0.15, 0.2) is 35.3 Å². The minimum absolute atomic E-state index is 0.193. The van der Waals surface area contributed by atoms with Crippen LogP contribution < -0.4 is 0 Å². The van der Waals surface area contributed by atoms with Gasteiger partial charge in [-0.1, -0.05) is 30.3 Å². The van der Waals surface area contributed by atoms with Crippen LogP contribution in [0, 0.1) is 0 Å². The number of ether oxygens (including phenoxy) is 2. The minimum atomic E-state index is -0.729. The third kappa shape index (κ3) is 5.81. The quantitative estimate of drug-likeness (QED) is 0.579. The summed E-state index contributed by atoms with van der Waals surface area (Å²) in [6.07, 6.45) is 0.998. The van der Waals surface area contributed by atoms with Gasteiger partial charge >= 0.3 is 11.9 Å². The number of aliphatic imine (C=N–C) groups is 1. The summed E-state index contributed by atoms with van der Waals surface area (Å²) in [5.74, 6) is -1.05. The molecule has 0 aliphatic heterocycles. The monoisotopic (exact) mass is 263 g/mol. The normalized spacial score (nSPS) is 12.1. The van der Waals surface area contributed by atoms with Gasteiger partial charge in [-0.15, -0.1) is 0 Å². The molecular formula is C14H17NO4. The molecule has 5 nitrogen and oxygen atoms in total. The van der Waals surface area contributed by atoms with E-state index in [1.54, 1.807) is 13.8 Å². The third-order valence-corrected chi connectivity index (χ3v) is 2.26. The van der Waals surface area contributed by atoms with Gasteiger partial charge in [0.1, 0.15) is 18.9 Å². The highest BCUT2D eigenvalue weighted by Gasteiger charge is 2.13. The Balaban J connectivity index is 2.39. The summed E-state index contributed by atoms with van der Waals surface area (Å²) in [5.41, 5.74) is 0.900. The summed E-state index contributed by atoms with van der Waals surface area (Å²) >= 11 is 0. The molecule has 19 heavy (non-hydrogen) atoms. The van der Waals surface area contributed by atoms with Crippen molar-refractivity contribution in [1.82, 2.24) is 0 Å². The molecule has 0 saturated carbocycles. The third-order valence-electron chi connectivity index (χ3n) is 2.26. The Labute approximate surface area is 112 Å². The molecular weight excluding hydrogens is 246 g/mol. The molecule has 0 bridgehead atoms. The van der Waals surface area contributed by atoms with Gasteiger partial charge in [-0.2, -0.15) is 0 Å². The van der Waals surface area contributed by atoms with Crippen molar-refractivity contribution in [2.45, 2.75) is 26.5 Å². The van der Waals surface area contributed by atoms with E-state index < -0.39 is 18.0 Å². The van der Waals surface area contributed by atoms with Crippen molar-refractivity contribution in [1.29, 1.82) is 0 Å². The fourth-order valence-corrected chi connectivity index (χ4v) is 1.26. The molecule has 1 aromatic carbocycles. The maximum absolute atomic E-state index is 11.6. The molecule has 1 rings (SSSR count). The van der Waals surface area contributed by atoms with Crippen LogP contribution in [-0.4, -0.2) is 30.8 Å². The van der Waals surface area contributed by atoms with Crippen LogP contribution in [0.5, 0.6) is 0 Å². The molecule has 0 heterocycles. The second-order valence-electron chi connectivity index (χ2n) is 3.80. The molecule has 0 aromatic heterocycles. The Morgan fingerprint density at radius 3 is 2.58 bits per heavy atom. The standard InChI is InChI=1S/C14H17NO4/c1-3-18-13(16)9-15-11(2)14(17)19-10-12-7-5-4-6-8-12/h4-9,11H,3,10H2,1-2H3/t11-/m0/s1. The molecule has 0 amide bonds. The maximum atomic E-state index is 11.6. The zero-order chi connectivity index (χ0) is 14.1. The van der Waals surface area contributed by atoms with E-state index in [0.29, 0.717) is 0 Å². The number of hydrogen-bond acceptors (Lipinski definition) is 5. The SMILES string of the molecule is CCOC(=O)C=N[C@@H](C)C(=O)OCc1ccccc1. The smallest absolute Gasteiger partial charge is 0.348 e. The first kappa shape index (κ1) is 14.9. The van der Waals surface area contributed by atoms with E-state index in [0.717, 1.165) is 11.8 Å². The molecule has 1 aromatic rings. The van der Waals surface area contributed by atoms with E-state index >= 15 is 0 Å². The zero-order valence-electron chi connectivity index (χ0n) is 11.0.